The Balaban J connectivity index is 0.00000200. The molecule has 6 nitrogen and oxygen atoms in total. The summed E-state index contributed by atoms with van der Waals surface area (Å²) >= 11 is 0. The Morgan fingerprint density at radius 3 is 2.95 bits per heavy atom. The van der Waals surface area contributed by atoms with Crippen LogP contribution in [0.3, 0.4) is 0 Å². The molecule has 1 fully saturated rings. The van der Waals surface area contributed by atoms with E-state index in [1.807, 2.05) is 11.6 Å². The molecule has 114 valence electrons. The van der Waals surface area contributed by atoms with Gasteiger partial charge >= 0.3 is 0 Å². The van der Waals surface area contributed by atoms with Gasteiger partial charge in [-0.1, -0.05) is 6.92 Å². The smallest absolute Gasteiger partial charge is 0.194 e. The monoisotopic (exact) mass is 392 g/mol. The van der Waals surface area contributed by atoms with Crippen molar-refractivity contribution in [2.75, 3.05) is 19.6 Å². The van der Waals surface area contributed by atoms with Crippen LogP contribution in [0.5, 0.6) is 0 Å². The molecule has 1 atom stereocenters. The van der Waals surface area contributed by atoms with E-state index >= 15 is 0 Å². The largest absolute Gasteiger partial charge is 0.357 e. The number of hydrogen-bond donors (Lipinski definition) is 1. The first kappa shape index (κ1) is 17.2. The number of hydrogen-bond acceptors (Lipinski definition) is 3. The Morgan fingerprint density at radius 2 is 2.35 bits per heavy atom. The van der Waals surface area contributed by atoms with Crippen molar-refractivity contribution in [2.45, 2.75) is 33.2 Å². The third-order valence-corrected chi connectivity index (χ3v) is 3.47. The van der Waals surface area contributed by atoms with E-state index in [1.54, 1.807) is 6.33 Å². The van der Waals surface area contributed by atoms with Crippen LogP contribution in [0.4, 0.5) is 0 Å². The maximum absolute atomic E-state index is 4.68. The second-order valence-corrected chi connectivity index (χ2v) is 5.22. The molecule has 2 rings (SSSR count). The van der Waals surface area contributed by atoms with Gasteiger partial charge in [-0.25, -0.2) is 4.99 Å². The zero-order valence-corrected chi connectivity index (χ0v) is 14.9. The lowest BCUT2D eigenvalue weighted by Crippen LogP contribution is -2.46. The summed E-state index contributed by atoms with van der Waals surface area (Å²) in [5, 5.41) is 11.3. The summed E-state index contributed by atoms with van der Waals surface area (Å²) in [6, 6.07) is 0. The van der Waals surface area contributed by atoms with E-state index in [2.05, 4.69) is 39.3 Å². The molecule has 1 aliphatic rings. The average molecular weight is 392 g/mol. The number of nitrogens with zero attached hydrogens (tertiary/aromatic N) is 5. The summed E-state index contributed by atoms with van der Waals surface area (Å²) < 4.78 is 1.91. The fraction of sp³-hybridized carbons (Fsp3) is 0.769. The van der Waals surface area contributed by atoms with Crippen LogP contribution in [0.15, 0.2) is 11.3 Å². The molecule has 0 spiro atoms. The van der Waals surface area contributed by atoms with Crippen molar-refractivity contribution in [3.63, 3.8) is 0 Å². The maximum Gasteiger partial charge on any atom is 0.194 e. The molecule has 20 heavy (non-hydrogen) atoms. The molecule has 0 saturated carbocycles. The Labute approximate surface area is 138 Å². The fourth-order valence-electron chi connectivity index (χ4n) is 2.40. The van der Waals surface area contributed by atoms with Crippen molar-refractivity contribution in [2.24, 2.45) is 18.0 Å². The van der Waals surface area contributed by atoms with Crippen LogP contribution in [-0.4, -0.2) is 45.3 Å². The number of aromatic nitrogens is 3. The zero-order chi connectivity index (χ0) is 13.7. The van der Waals surface area contributed by atoms with Crippen molar-refractivity contribution in [1.82, 2.24) is 25.0 Å². The number of aliphatic imine (C=N–C) groups is 1. The number of nitrogens with one attached hydrogen (secondary N) is 1. The van der Waals surface area contributed by atoms with Crippen LogP contribution >= 0.6 is 24.0 Å². The van der Waals surface area contributed by atoms with Crippen molar-refractivity contribution >= 4 is 29.9 Å². The maximum atomic E-state index is 4.68. The minimum absolute atomic E-state index is 0. The summed E-state index contributed by atoms with van der Waals surface area (Å²) in [7, 11) is 1.95. The van der Waals surface area contributed by atoms with E-state index in [0.29, 0.717) is 6.54 Å². The number of likely N-dealkylation sites (tertiary alicyclic amines) is 1. The molecule has 7 heteroatoms. The van der Waals surface area contributed by atoms with Gasteiger partial charge in [0.1, 0.15) is 12.9 Å². The summed E-state index contributed by atoms with van der Waals surface area (Å²) in [5.74, 6) is 2.63. The molecule has 1 aromatic rings. The van der Waals surface area contributed by atoms with Gasteiger partial charge in [-0.15, -0.1) is 34.2 Å². The topological polar surface area (TPSA) is 58.3 Å². The predicted molar refractivity (Wildman–Crippen MR) is 91.2 cm³/mol. The Bertz CT molecular complexity index is 430. The third kappa shape index (κ3) is 4.60. The molecule has 0 aliphatic carbocycles. The van der Waals surface area contributed by atoms with E-state index in [0.717, 1.165) is 37.3 Å². The summed E-state index contributed by atoms with van der Waals surface area (Å²) in [4.78, 5) is 7.04. The van der Waals surface area contributed by atoms with Gasteiger partial charge in [0.15, 0.2) is 11.8 Å². The van der Waals surface area contributed by atoms with Gasteiger partial charge in [0.2, 0.25) is 0 Å². The Hall–Kier alpha value is -0.860. The zero-order valence-electron chi connectivity index (χ0n) is 12.5. The molecule has 0 radical (unpaired) electrons. The highest BCUT2D eigenvalue weighted by molar-refractivity contribution is 14.0. The second-order valence-electron chi connectivity index (χ2n) is 5.22. The number of halogens is 1. The molecule has 1 saturated heterocycles. The number of aryl methyl sites for hydroxylation is 1. The Morgan fingerprint density at radius 1 is 1.55 bits per heavy atom. The minimum Gasteiger partial charge on any atom is -0.357 e. The highest BCUT2D eigenvalue weighted by atomic mass is 127. The predicted octanol–water partition coefficient (Wildman–Crippen LogP) is 1.63. The molecule has 0 amide bonds. The standard InChI is InChI=1S/C13H24N6.HI/c1-4-14-13(19-7-5-6-11(2)9-19)15-8-12-17-16-10-18(12)3;/h10-11H,4-9H2,1-3H3,(H,14,15);1H. The van der Waals surface area contributed by atoms with Crippen LogP contribution in [0.2, 0.25) is 0 Å². The average Bonchev–Trinajstić information content (AvgIpc) is 2.80. The van der Waals surface area contributed by atoms with Gasteiger partial charge in [-0.2, -0.15) is 0 Å². The first-order chi connectivity index (χ1) is 9.20. The SMILES string of the molecule is CCNC(=NCc1nncn1C)N1CCCC(C)C1.I. The second kappa shape index (κ2) is 8.43. The van der Waals surface area contributed by atoms with Crippen LogP contribution < -0.4 is 5.32 Å². The lowest BCUT2D eigenvalue weighted by Gasteiger charge is -2.33. The van der Waals surface area contributed by atoms with Gasteiger partial charge in [-0.05, 0) is 25.7 Å². The molecule has 0 bridgehead atoms. The molecule has 0 aromatic carbocycles. The molecular weight excluding hydrogens is 367 g/mol. The highest BCUT2D eigenvalue weighted by Gasteiger charge is 2.19. The minimum atomic E-state index is 0. The lowest BCUT2D eigenvalue weighted by atomic mass is 10.0. The van der Waals surface area contributed by atoms with Crippen LogP contribution in [0.1, 0.15) is 32.5 Å². The number of guanidine groups is 1. The van der Waals surface area contributed by atoms with Crippen LogP contribution in [-0.2, 0) is 13.6 Å². The lowest BCUT2D eigenvalue weighted by molar-refractivity contribution is 0.266. The summed E-state index contributed by atoms with van der Waals surface area (Å²) in [6.45, 7) is 8.05. The van der Waals surface area contributed by atoms with Gasteiger partial charge in [0, 0.05) is 26.7 Å². The normalized spacial score (nSPS) is 19.6. The summed E-state index contributed by atoms with van der Waals surface area (Å²) in [6.07, 6.45) is 4.27. The quantitative estimate of drug-likeness (QED) is 0.483. The van der Waals surface area contributed by atoms with E-state index in [1.165, 1.54) is 12.8 Å². The molecule has 1 unspecified atom stereocenters. The third-order valence-electron chi connectivity index (χ3n) is 3.47. The Kier molecular flexibility index (Phi) is 7.25. The first-order valence-electron chi connectivity index (χ1n) is 7.06. The van der Waals surface area contributed by atoms with Crippen LogP contribution in [0, 0.1) is 5.92 Å². The number of piperidine rings is 1. The molecule has 1 aliphatic heterocycles. The van der Waals surface area contributed by atoms with Crippen molar-refractivity contribution in [3.8, 4) is 0 Å². The van der Waals surface area contributed by atoms with E-state index in [-0.39, 0.29) is 24.0 Å². The first-order valence-corrected chi connectivity index (χ1v) is 7.06. The van der Waals surface area contributed by atoms with Crippen molar-refractivity contribution in [1.29, 1.82) is 0 Å². The number of rotatable bonds is 3. The molecule has 1 aromatic heterocycles. The summed E-state index contributed by atoms with van der Waals surface area (Å²) in [5.41, 5.74) is 0. The van der Waals surface area contributed by atoms with Crippen molar-refractivity contribution < 1.29 is 0 Å². The van der Waals surface area contributed by atoms with E-state index in [9.17, 15) is 0 Å². The van der Waals surface area contributed by atoms with E-state index < -0.39 is 0 Å². The van der Waals surface area contributed by atoms with Crippen molar-refractivity contribution in [3.05, 3.63) is 12.2 Å². The highest BCUT2D eigenvalue weighted by Crippen LogP contribution is 2.15. The van der Waals surface area contributed by atoms with E-state index in [4.69, 9.17) is 0 Å². The van der Waals surface area contributed by atoms with Gasteiger partial charge < -0.3 is 14.8 Å². The molecule has 2 heterocycles. The molecular formula is C13H25IN6. The van der Waals surface area contributed by atoms with Crippen LogP contribution in [0.25, 0.3) is 0 Å². The van der Waals surface area contributed by atoms with Gasteiger partial charge in [0.25, 0.3) is 0 Å². The van der Waals surface area contributed by atoms with Gasteiger partial charge in [-0.3, -0.25) is 0 Å². The molecule has 1 N–H and O–H groups in total. The van der Waals surface area contributed by atoms with Gasteiger partial charge in [0.05, 0.1) is 0 Å². The fourth-order valence-corrected chi connectivity index (χ4v) is 2.40.